The number of nitro groups is 1. The highest BCUT2D eigenvalue weighted by molar-refractivity contribution is 5.36. The van der Waals surface area contributed by atoms with Crippen LogP contribution in [0.15, 0.2) is 18.2 Å². The molecule has 0 saturated heterocycles. The molecule has 0 aliphatic rings. The number of hydrogen-bond acceptors (Lipinski definition) is 3. The molecule has 1 aromatic carbocycles. The van der Waals surface area contributed by atoms with E-state index in [9.17, 15) is 14.5 Å². The molecule has 1 rings (SSSR count). The molecule has 0 radical (unpaired) electrons. The van der Waals surface area contributed by atoms with E-state index < -0.39 is 16.4 Å². The monoisotopic (exact) mass is 268 g/mol. The molecule has 0 heterocycles. The summed E-state index contributed by atoms with van der Waals surface area (Å²) in [5, 5.41) is 10.7. The summed E-state index contributed by atoms with van der Waals surface area (Å²) in [6.07, 6.45) is 1.06. The minimum Gasteiger partial charge on any atom is -0.299 e. The molecule has 19 heavy (non-hydrogen) atoms. The molecule has 0 N–H and O–H groups in total. The van der Waals surface area contributed by atoms with Crippen LogP contribution in [0.3, 0.4) is 0 Å². The number of benzene rings is 1. The standard InChI is InChI=1S/C14H21FN2O2/c1-4-11(3)9-16(5-2)10-12-7-6-8-13(14(12)15)17(18)19/h6-8,11H,4-5,9-10H2,1-3H3. The lowest BCUT2D eigenvalue weighted by Gasteiger charge is -2.23. The van der Waals surface area contributed by atoms with E-state index in [1.54, 1.807) is 6.07 Å². The lowest BCUT2D eigenvalue weighted by atomic mass is 10.1. The summed E-state index contributed by atoms with van der Waals surface area (Å²) in [6, 6.07) is 4.35. The lowest BCUT2D eigenvalue weighted by molar-refractivity contribution is -0.387. The van der Waals surface area contributed by atoms with Gasteiger partial charge in [-0.3, -0.25) is 15.0 Å². The van der Waals surface area contributed by atoms with Crippen LogP contribution in [0.4, 0.5) is 10.1 Å². The Morgan fingerprint density at radius 1 is 1.42 bits per heavy atom. The van der Waals surface area contributed by atoms with Crippen LogP contribution in [0.25, 0.3) is 0 Å². The van der Waals surface area contributed by atoms with Gasteiger partial charge in [-0.2, -0.15) is 4.39 Å². The summed E-state index contributed by atoms with van der Waals surface area (Å²) in [6.45, 7) is 8.35. The van der Waals surface area contributed by atoms with Gasteiger partial charge in [0.15, 0.2) is 0 Å². The predicted octanol–water partition coefficient (Wildman–Crippen LogP) is 3.60. The minimum absolute atomic E-state index is 0.388. The van der Waals surface area contributed by atoms with Crippen molar-refractivity contribution in [3.63, 3.8) is 0 Å². The van der Waals surface area contributed by atoms with Crippen LogP contribution >= 0.6 is 0 Å². The summed E-state index contributed by atoms with van der Waals surface area (Å²) in [7, 11) is 0. The van der Waals surface area contributed by atoms with E-state index >= 15 is 0 Å². The predicted molar refractivity (Wildman–Crippen MR) is 73.5 cm³/mol. The fourth-order valence-corrected chi connectivity index (χ4v) is 1.95. The summed E-state index contributed by atoms with van der Waals surface area (Å²) >= 11 is 0. The van der Waals surface area contributed by atoms with Crippen molar-refractivity contribution in [3.8, 4) is 0 Å². The topological polar surface area (TPSA) is 46.4 Å². The van der Waals surface area contributed by atoms with E-state index in [1.807, 2.05) is 6.92 Å². The first-order valence-corrected chi connectivity index (χ1v) is 6.63. The highest BCUT2D eigenvalue weighted by Gasteiger charge is 2.18. The SMILES string of the molecule is CCC(C)CN(CC)Cc1cccc([N+](=O)[O-])c1F. The zero-order valence-corrected chi connectivity index (χ0v) is 11.7. The van der Waals surface area contributed by atoms with Crippen LogP contribution in [0, 0.1) is 21.8 Å². The lowest BCUT2D eigenvalue weighted by Crippen LogP contribution is -2.28. The molecule has 1 atom stereocenters. The first kappa shape index (κ1) is 15.6. The van der Waals surface area contributed by atoms with E-state index in [4.69, 9.17) is 0 Å². The maximum atomic E-state index is 14.0. The van der Waals surface area contributed by atoms with Crippen LogP contribution in [0.2, 0.25) is 0 Å². The van der Waals surface area contributed by atoms with Crippen molar-refractivity contribution in [3.05, 3.63) is 39.7 Å². The molecule has 1 unspecified atom stereocenters. The third kappa shape index (κ3) is 4.28. The van der Waals surface area contributed by atoms with Crippen molar-refractivity contribution in [1.82, 2.24) is 4.90 Å². The highest BCUT2D eigenvalue weighted by atomic mass is 19.1. The summed E-state index contributed by atoms with van der Waals surface area (Å²) in [5.74, 6) is -0.184. The Hall–Kier alpha value is -1.49. The Morgan fingerprint density at radius 2 is 2.11 bits per heavy atom. The van der Waals surface area contributed by atoms with E-state index in [2.05, 4.69) is 18.7 Å². The maximum Gasteiger partial charge on any atom is 0.305 e. The van der Waals surface area contributed by atoms with Crippen LogP contribution in [0.5, 0.6) is 0 Å². The molecular formula is C14H21FN2O2. The molecule has 0 aliphatic carbocycles. The Labute approximate surface area is 113 Å². The van der Waals surface area contributed by atoms with Gasteiger partial charge < -0.3 is 0 Å². The van der Waals surface area contributed by atoms with Crippen molar-refractivity contribution in [2.45, 2.75) is 33.7 Å². The number of hydrogen-bond donors (Lipinski definition) is 0. The zero-order chi connectivity index (χ0) is 14.4. The quantitative estimate of drug-likeness (QED) is 0.560. The highest BCUT2D eigenvalue weighted by Crippen LogP contribution is 2.21. The van der Waals surface area contributed by atoms with Crippen LogP contribution in [-0.4, -0.2) is 22.9 Å². The molecule has 0 spiro atoms. The fourth-order valence-electron chi connectivity index (χ4n) is 1.95. The minimum atomic E-state index is -0.713. The molecule has 106 valence electrons. The smallest absolute Gasteiger partial charge is 0.299 e. The van der Waals surface area contributed by atoms with Gasteiger partial charge in [-0.05, 0) is 12.5 Å². The average Bonchev–Trinajstić information content (AvgIpc) is 2.39. The second-order valence-electron chi connectivity index (χ2n) is 4.85. The van der Waals surface area contributed by atoms with Gasteiger partial charge in [0, 0.05) is 24.7 Å². The van der Waals surface area contributed by atoms with Crippen molar-refractivity contribution in [2.24, 2.45) is 5.92 Å². The number of nitro benzene ring substituents is 1. The summed E-state index contributed by atoms with van der Waals surface area (Å²) in [4.78, 5) is 12.1. The molecule has 0 aromatic heterocycles. The first-order chi connectivity index (χ1) is 8.99. The Bertz CT molecular complexity index is 437. The van der Waals surface area contributed by atoms with Crippen molar-refractivity contribution in [1.29, 1.82) is 0 Å². The Morgan fingerprint density at radius 3 is 2.63 bits per heavy atom. The number of nitrogens with zero attached hydrogens (tertiary/aromatic N) is 2. The van der Waals surface area contributed by atoms with Gasteiger partial charge in [-0.15, -0.1) is 0 Å². The first-order valence-electron chi connectivity index (χ1n) is 6.63. The molecular weight excluding hydrogens is 247 g/mol. The van der Waals surface area contributed by atoms with Gasteiger partial charge in [0.1, 0.15) is 0 Å². The summed E-state index contributed by atoms with van der Waals surface area (Å²) < 4.78 is 14.0. The Balaban J connectivity index is 2.85. The second-order valence-corrected chi connectivity index (χ2v) is 4.85. The van der Waals surface area contributed by atoms with Crippen molar-refractivity contribution in [2.75, 3.05) is 13.1 Å². The van der Waals surface area contributed by atoms with Gasteiger partial charge in [0.25, 0.3) is 0 Å². The molecule has 0 amide bonds. The molecule has 4 nitrogen and oxygen atoms in total. The zero-order valence-electron chi connectivity index (χ0n) is 11.7. The van der Waals surface area contributed by atoms with Crippen LogP contribution < -0.4 is 0 Å². The maximum absolute atomic E-state index is 14.0. The van der Waals surface area contributed by atoms with E-state index in [1.165, 1.54) is 12.1 Å². The van der Waals surface area contributed by atoms with Crippen molar-refractivity contribution >= 4 is 5.69 Å². The van der Waals surface area contributed by atoms with E-state index in [-0.39, 0.29) is 0 Å². The fraction of sp³-hybridized carbons (Fsp3) is 0.571. The molecule has 1 aromatic rings. The third-order valence-corrected chi connectivity index (χ3v) is 3.36. The van der Waals surface area contributed by atoms with Crippen LogP contribution in [0.1, 0.15) is 32.8 Å². The molecule has 0 fully saturated rings. The Kier molecular flexibility index (Phi) is 5.89. The molecule has 5 heteroatoms. The molecule has 0 aliphatic heterocycles. The molecule has 0 saturated carbocycles. The van der Waals surface area contributed by atoms with Gasteiger partial charge in [-0.1, -0.05) is 39.3 Å². The van der Waals surface area contributed by atoms with Gasteiger partial charge >= 0.3 is 5.69 Å². The number of halogens is 1. The average molecular weight is 268 g/mol. The van der Waals surface area contributed by atoms with Crippen molar-refractivity contribution < 1.29 is 9.31 Å². The third-order valence-electron chi connectivity index (χ3n) is 3.36. The van der Waals surface area contributed by atoms with E-state index in [0.717, 1.165) is 19.5 Å². The van der Waals surface area contributed by atoms with Gasteiger partial charge in [-0.25, -0.2) is 0 Å². The van der Waals surface area contributed by atoms with Gasteiger partial charge in [0.05, 0.1) is 4.92 Å². The second kappa shape index (κ2) is 7.19. The largest absolute Gasteiger partial charge is 0.305 e. The van der Waals surface area contributed by atoms with E-state index in [0.29, 0.717) is 18.0 Å². The normalized spacial score (nSPS) is 12.7. The van der Waals surface area contributed by atoms with Gasteiger partial charge in [0.2, 0.25) is 5.82 Å². The molecule has 0 bridgehead atoms. The number of rotatable bonds is 7. The van der Waals surface area contributed by atoms with Crippen LogP contribution in [-0.2, 0) is 6.54 Å². The summed E-state index contributed by atoms with van der Waals surface area (Å²) in [5.41, 5.74) is -0.0588.